The standard InChI is InChI=1S/C11H9IN5P/c1-7(12)16-5-8(4-15-16)10-9-2-3-17(18)11(9)14-6-13-10/h2-6H,1,18H2. The lowest BCUT2D eigenvalue weighted by molar-refractivity contribution is 0.933. The number of fused-ring (bicyclic) bond motifs is 1. The molecule has 90 valence electrons. The van der Waals surface area contributed by atoms with Crippen molar-refractivity contribution in [2.24, 2.45) is 0 Å². The molecule has 0 bridgehead atoms. The van der Waals surface area contributed by atoms with Gasteiger partial charge in [-0.1, -0.05) is 6.58 Å². The number of aromatic nitrogens is 5. The van der Waals surface area contributed by atoms with Crippen molar-refractivity contribution in [2.75, 3.05) is 0 Å². The van der Waals surface area contributed by atoms with E-state index >= 15 is 0 Å². The van der Waals surface area contributed by atoms with Crippen LogP contribution in [0.2, 0.25) is 0 Å². The van der Waals surface area contributed by atoms with Crippen LogP contribution in [0.25, 0.3) is 26.0 Å². The third-order valence-corrected chi connectivity index (χ3v) is 3.52. The normalized spacial score (nSPS) is 11.0. The first-order chi connectivity index (χ1) is 8.66. The molecule has 0 N–H and O–H groups in total. The van der Waals surface area contributed by atoms with Crippen LogP contribution in [0, 0.1) is 0 Å². The zero-order valence-corrected chi connectivity index (χ0v) is 12.6. The fourth-order valence-electron chi connectivity index (χ4n) is 1.78. The summed E-state index contributed by atoms with van der Waals surface area (Å²) < 4.78 is 4.46. The van der Waals surface area contributed by atoms with Crippen LogP contribution in [-0.2, 0) is 0 Å². The second kappa shape index (κ2) is 4.44. The predicted molar refractivity (Wildman–Crippen MR) is 83.2 cm³/mol. The van der Waals surface area contributed by atoms with Crippen LogP contribution in [0.3, 0.4) is 0 Å². The Labute approximate surface area is 119 Å². The Morgan fingerprint density at radius 1 is 1.39 bits per heavy atom. The highest BCUT2D eigenvalue weighted by molar-refractivity contribution is 14.1. The fourth-order valence-corrected chi connectivity index (χ4v) is 2.33. The molecule has 0 amide bonds. The molecule has 0 aliphatic carbocycles. The molecule has 0 saturated heterocycles. The maximum Gasteiger partial charge on any atom is 0.146 e. The van der Waals surface area contributed by atoms with E-state index in [1.165, 1.54) is 0 Å². The van der Waals surface area contributed by atoms with Gasteiger partial charge < -0.3 is 4.34 Å². The smallest absolute Gasteiger partial charge is 0.146 e. The van der Waals surface area contributed by atoms with Crippen LogP contribution in [0.1, 0.15) is 0 Å². The largest absolute Gasteiger partial charge is 0.317 e. The first-order valence-electron chi connectivity index (χ1n) is 5.14. The minimum atomic E-state index is 0.841. The van der Waals surface area contributed by atoms with Crippen molar-refractivity contribution in [1.82, 2.24) is 24.1 Å². The SMILES string of the molecule is C=C(I)n1cc(-c2ncnc3c2ccn3P)cn1. The van der Waals surface area contributed by atoms with Gasteiger partial charge in [0, 0.05) is 23.3 Å². The van der Waals surface area contributed by atoms with Gasteiger partial charge in [0.1, 0.15) is 12.0 Å². The lowest BCUT2D eigenvalue weighted by atomic mass is 10.2. The van der Waals surface area contributed by atoms with Gasteiger partial charge in [-0.3, -0.25) is 0 Å². The zero-order valence-electron chi connectivity index (χ0n) is 9.29. The molecule has 3 heterocycles. The average Bonchev–Trinajstić information content (AvgIpc) is 2.97. The lowest BCUT2D eigenvalue weighted by Crippen LogP contribution is -1.89. The summed E-state index contributed by atoms with van der Waals surface area (Å²) in [5, 5.41) is 5.25. The van der Waals surface area contributed by atoms with Crippen LogP contribution in [-0.4, -0.2) is 24.1 Å². The minimum Gasteiger partial charge on any atom is -0.317 e. The Morgan fingerprint density at radius 2 is 2.22 bits per heavy atom. The van der Waals surface area contributed by atoms with Crippen LogP contribution in [0.5, 0.6) is 0 Å². The quantitative estimate of drug-likeness (QED) is 0.516. The van der Waals surface area contributed by atoms with Gasteiger partial charge >= 0.3 is 0 Å². The van der Waals surface area contributed by atoms with E-state index in [1.807, 2.05) is 22.8 Å². The van der Waals surface area contributed by atoms with Crippen LogP contribution >= 0.6 is 32.0 Å². The van der Waals surface area contributed by atoms with Crippen molar-refractivity contribution in [3.63, 3.8) is 0 Å². The highest BCUT2D eigenvalue weighted by Crippen LogP contribution is 2.27. The average molecular weight is 369 g/mol. The van der Waals surface area contributed by atoms with E-state index < -0.39 is 0 Å². The molecule has 1 atom stereocenters. The number of rotatable bonds is 2. The first kappa shape index (κ1) is 11.8. The Balaban J connectivity index is 2.21. The van der Waals surface area contributed by atoms with Gasteiger partial charge in [0.2, 0.25) is 0 Å². The monoisotopic (exact) mass is 369 g/mol. The van der Waals surface area contributed by atoms with Gasteiger partial charge in [-0.15, -0.1) is 0 Å². The number of halogens is 1. The maximum absolute atomic E-state index is 4.34. The molecule has 0 aliphatic rings. The van der Waals surface area contributed by atoms with Gasteiger partial charge in [-0.25, -0.2) is 14.6 Å². The van der Waals surface area contributed by atoms with Gasteiger partial charge in [0.05, 0.1) is 15.6 Å². The molecule has 7 heteroatoms. The minimum absolute atomic E-state index is 0.841. The Morgan fingerprint density at radius 3 is 2.94 bits per heavy atom. The number of hydrogen-bond donors (Lipinski definition) is 0. The van der Waals surface area contributed by atoms with Gasteiger partial charge in [-0.05, 0) is 38.0 Å². The molecule has 5 nitrogen and oxygen atoms in total. The number of hydrogen-bond acceptors (Lipinski definition) is 3. The molecule has 3 rings (SSSR count). The molecule has 1 unspecified atom stereocenters. The first-order valence-corrected chi connectivity index (χ1v) is 6.73. The van der Waals surface area contributed by atoms with E-state index in [4.69, 9.17) is 0 Å². The molecule has 0 fully saturated rings. The van der Waals surface area contributed by atoms with E-state index in [0.29, 0.717) is 0 Å². The molecule has 0 saturated carbocycles. The van der Waals surface area contributed by atoms with E-state index in [1.54, 1.807) is 17.2 Å². The summed E-state index contributed by atoms with van der Waals surface area (Å²) in [4.78, 5) is 8.60. The van der Waals surface area contributed by atoms with E-state index in [9.17, 15) is 0 Å². The maximum atomic E-state index is 4.34. The Kier molecular flexibility index (Phi) is 2.91. The van der Waals surface area contributed by atoms with E-state index in [0.717, 1.165) is 26.0 Å². The zero-order chi connectivity index (χ0) is 12.7. The fraction of sp³-hybridized carbons (Fsp3) is 0. The summed E-state index contributed by atoms with van der Waals surface area (Å²) in [5.74, 6) is 0. The van der Waals surface area contributed by atoms with E-state index in [-0.39, 0.29) is 0 Å². The molecular formula is C11H9IN5P. The molecule has 0 spiro atoms. The van der Waals surface area contributed by atoms with E-state index in [2.05, 4.69) is 53.6 Å². The van der Waals surface area contributed by atoms with Crippen LogP contribution in [0.4, 0.5) is 0 Å². The lowest BCUT2D eigenvalue weighted by Gasteiger charge is -1.99. The summed E-state index contributed by atoms with van der Waals surface area (Å²) in [6, 6.07) is 1.99. The summed E-state index contributed by atoms with van der Waals surface area (Å²) in [6.45, 7) is 3.85. The molecule has 0 aliphatic heterocycles. The highest BCUT2D eigenvalue weighted by atomic mass is 127. The van der Waals surface area contributed by atoms with Crippen molar-refractivity contribution < 1.29 is 0 Å². The summed E-state index contributed by atoms with van der Waals surface area (Å²) in [7, 11) is 2.60. The molecule has 3 aromatic heterocycles. The van der Waals surface area contributed by atoms with Gasteiger partial charge in [0.15, 0.2) is 0 Å². The van der Waals surface area contributed by atoms with Gasteiger partial charge in [-0.2, -0.15) is 5.10 Å². The summed E-state index contributed by atoms with van der Waals surface area (Å²) >= 11 is 2.13. The van der Waals surface area contributed by atoms with Crippen molar-refractivity contribution in [3.05, 3.63) is 37.6 Å². The van der Waals surface area contributed by atoms with Crippen molar-refractivity contribution in [1.29, 1.82) is 0 Å². The molecule has 3 aromatic rings. The second-order valence-electron chi connectivity index (χ2n) is 3.73. The summed E-state index contributed by atoms with van der Waals surface area (Å²) in [5.41, 5.74) is 2.72. The molecule has 0 radical (unpaired) electrons. The third kappa shape index (κ3) is 1.85. The Bertz CT molecular complexity index is 745. The van der Waals surface area contributed by atoms with Crippen molar-refractivity contribution >= 4 is 46.7 Å². The highest BCUT2D eigenvalue weighted by Gasteiger charge is 2.10. The van der Waals surface area contributed by atoms with Gasteiger partial charge in [0.25, 0.3) is 0 Å². The van der Waals surface area contributed by atoms with Crippen LogP contribution in [0.15, 0.2) is 37.6 Å². The summed E-state index contributed by atoms with van der Waals surface area (Å²) in [6.07, 6.45) is 7.20. The van der Waals surface area contributed by atoms with Crippen LogP contribution < -0.4 is 0 Å². The van der Waals surface area contributed by atoms with Crippen molar-refractivity contribution in [3.8, 4) is 11.3 Å². The molecular weight excluding hydrogens is 360 g/mol. The molecule has 18 heavy (non-hydrogen) atoms. The topological polar surface area (TPSA) is 48.5 Å². The molecule has 0 aromatic carbocycles. The Hall–Kier alpha value is -1.27. The second-order valence-corrected chi connectivity index (χ2v) is 5.53. The third-order valence-electron chi connectivity index (χ3n) is 2.61. The number of nitrogens with zero attached hydrogens (tertiary/aromatic N) is 5. The predicted octanol–water partition coefficient (Wildman–Crippen LogP) is 2.80. The van der Waals surface area contributed by atoms with Crippen molar-refractivity contribution in [2.45, 2.75) is 0 Å².